The van der Waals surface area contributed by atoms with Crippen molar-refractivity contribution in [2.75, 3.05) is 18.4 Å². The summed E-state index contributed by atoms with van der Waals surface area (Å²) in [5.74, 6) is 1.12. The maximum absolute atomic E-state index is 13.7. The van der Waals surface area contributed by atoms with Crippen LogP contribution in [0.1, 0.15) is 48.5 Å². The van der Waals surface area contributed by atoms with Crippen LogP contribution in [0.25, 0.3) is 15.9 Å². The Labute approximate surface area is 243 Å². The third kappa shape index (κ3) is 6.08. The number of hydrogen-bond donors (Lipinski definition) is 2. The van der Waals surface area contributed by atoms with Crippen LogP contribution in [-0.2, 0) is 4.79 Å². The lowest BCUT2D eigenvalue weighted by Gasteiger charge is -2.30. The highest BCUT2D eigenvalue weighted by molar-refractivity contribution is 6.35. The number of halogens is 1. The second-order valence-corrected chi connectivity index (χ2v) is 10.1. The van der Waals surface area contributed by atoms with E-state index in [9.17, 15) is 9.59 Å². The number of ether oxygens (including phenoxy) is 1. The third-order valence-electron chi connectivity index (χ3n) is 7.13. The van der Waals surface area contributed by atoms with E-state index in [1.165, 1.54) is 6.33 Å². The first kappa shape index (κ1) is 27.9. The molecule has 2 aromatic carbocycles. The van der Waals surface area contributed by atoms with Crippen LogP contribution >= 0.6 is 11.6 Å². The Balaban J connectivity index is 1.39. The molecule has 9 nitrogen and oxygen atoms in total. The van der Waals surface area contributed by atoms with Crippen molar-refractivity contribution in [2.45, 2.75) is 38.6 Å². The number of benzene rings is 2. The molecule has 208 valence electrons. The molecule has 0 saturated carbocycles. The predicted octanol–water partition coefficient (Wildman–Crippen LogP) is 6.64. The average molecular weight is 569 g/mol. The van der Waals surface area contributed by atoms with Gasteiger partial charge < -0.3 is 19.9 Å². The van der Waals surface area contributed by atoms with E-state index in [2.05, 4.69) is 25.1 Å². The van der Waals surface area contributed by atoms with Gasteiger partial charge in [0, 0.05) is 37.0 Å². The smallest absolute Gasteiger partial charge is 0.252 e. The van der Waals surface area contributed by atoms with Gasteiger partial charge in [0.05, 0.1) is 22.5 Å². The number of amides is 1. The molecule has 4 aromatic rings. The molecular formula is C31H29ClN6O3. The molecule has 1 saturated heterocycles. The Kier molecular flexibility index (Phi) is 8.61. The minimum Gasteiger partial charge on any atom is -0.457 e. The first-order valence-corrected chi connectivity index (χ1v) is 13.9. The summed E-state index contributed by atoms with van der Waals surface area (Å²) in [6, 6.07) is 14.2. The molecule has 0 aliphatic carbocycles. The number of rotatable bonds is 8. The quantitative estimate of drug-likeness (QED) is 0.140. The van der Waals surface area contributed by atoms with E-state index in [0.717, 1.165) is 25.7 Å². The Morgan fingerprint density at radius 3 is 2.73 bits per heavy atom. The minimum absolute atomic E-state index is 0.122. The number of H-pyrrole nitrogens is 1. The highest BCUT2D eigenvalue weighted by Crippen LogP contribution is 2.31. The maximum Gasteiger partial charge on any atom is 0.252 e. The largest absolute Gasteiger partial charge is 0.457 e. The van der Waals surface area contributed by atoms with Crippen molar-refractivity contribution in [1.29, 1.82) is 0 Å². The molecule has 0 radical (unpaired) electrons. The van der Waals surface area contributed by atoms with Crippen LogP contribution in [0, 0.1) is 6.57 Å². The number of nitrogens with one attached hydrogen (secondary N) is 2. The number of ketones is 1. The van der Waals surface area contributed by atoms with Crippen LogP contribution in [0.4, 0.5) is 5.82 Å². The zero-order valence-corrected chi connectivity index (χ0v) is 23.3. The fraction of sp³-hybridized carbons (Fsp3) is 0.258. The molecule has 0 spiro atoms. The van der Waals surface area contributed by atoms with Crippen LogP contribution in [0.3, 0.4) is 0 Å². The highest BCUT2D eigenvalue weighted by atomic mass is 35.5. The second kappa shape index (κ2) is 12.7. The maximum atomic E-state index is 13.7. The normalized spacial score (nSPS) is 15.7. The van der Waals surface area contributed by atoms with Crippen molar-refractivity contribution in [1.82, 2.24) is 19.9 Å². The molecule has 1 unspecified atom stereocenters. The summed E-state index contributed by atoms with van der Waals surface area (Å²) in [7, 11) is 0. The summed E-state index contributed by atoms with van der Waals surface area (Å²) in [5, 5.41) is 4.16. The number of carbonyl (C=O) groups is 2. The number of aromatic amines is 1. The molecule has 10 heteroatoms. The van der Waals surface area contributed by atoms with Gasteiger partial charge in [-0.25, -0.2) is 14.8 Å². The summed E-state index contributed by atoms with van der Waals surface area (Å²) in [6.45, 7) is 10.1. The number of para-hydroxylation sites is 1. The van der Waals surface area contributed by atoms with E-state index in [-0.39, 0.29) is 28.5 Å². The van der Waals surface area contributed by atoms with Crippen LogP contribution in [0.15, 0.2) is 72.8 Å². The number of hydrogen-bond acceptors (Lipinski definition) is 6. The summed E-state index contributed by atoms with van der Waals surface area (Å²) >= 11 is 6.55. The van der Waals surface area contributed by atoms with Gasteiger partial charge in [0.1, 0.15) is 29.3 Å². The second-order valence-electron chi connectivity index (χ2n) is 9.70. The molecule has 1 aliphatic rings. The molecular weight excluding hydrogens is 540 g/mol. The van der Waals surface area contributed by atoms with Crippen LogP contribution in [0.5, 0.6) is 11.5 Å². The number of nitrogens with zero attached hydrogens (tertiary/aromatic N) is 4. The van der Waals surface area contributed by atoms with Crippen LogP contribution in [-0.4, -0.2) is 50.7 Å². The van der Waals surface area contributed by atoms with Gasteiger partial charge in [-0.3, -0.25) is 9.59 Å². The molecule has 2 aromatic heterocycles. The Morgan fingerprint density at radius 2 is 1.98 bits per heavy atom. The number of aromatic nitrogens is 3. The molecule has 3 heterocycles. The van der Waals surface area contributed by atoms with E-state index in [1.807, 2.05) is 30.3 Å². The molecule has 41 heavy (non-hydrogen) atoms. The van der Waals surface area contributed by atoms with Crippen molar-refractivity contribution in [3.63, 3.8) is 0 Å². The van der Waals surface area contributed by atoms with Crippen molar-refractivity contribution < 1.29 is 14.3 Å². The SMILES string of the molecule is [C-]#[N+]/C(=C\C)C(=O)N1CCCCCC1CNc1ncnc2[nH]cc(C(=O)c3ccc(Oc4ccccc4)cc3Cl)c12. The van der Waals surface area contributed by atoms with Crippen molar-refractivity contribution in [3.05, 3.63) is 100 Å². The molecule has 1 fully saturated rings. The topological polar surface area (TPSA) is 105 Å². The van der Waals surface area contributed by atoms with Gasteiger partial charge in [-0.1, -0.05) is 55.6 Å². The molecule has 0 bridgehead atoms. The fourth-order valence-corrected chi connectivity index (χ4v) is 5.30. The monoisotopic (exact) mass is 568 g/mol. The van der Waals surface area contributed by atoms with E-state index < -0.39 is 0 Å². The van der Waals surface area contributed by atoms with E-state index >= 15 is 0 Å². The fourth-order valence-electron chi connectivity index (χ4n) is 5.04. The highest BCUT2D eigenvalue weighted by Gasteiger charge is 2.28. The first-order valence-electron chi connectivity index (χ1n) is 13.5. The first-order chi connectivity index (χ1) is 20.0. The zero-order chi connectivity index (χ0) is 28.8. The van der Waals surface area contributed by atoms with E-state index in [4.69, 9.17) is 22.9 Å². The van der Waals surface area contributed by atoms with E-state index in [1.54, 1.807) is 42.3 Å². The average Bonchev–Trinajstić information content (AvgIpc) is 3.29. The number of fused-ring (bicyclic) bond motifs is 1. The molecule has 1 aliphatic heterocycles. The third-order valence-corrected chi connectivity index (χ3v) is 7.45. The molecule has 1 atom stereocenters. The lowest BCUT2D eigenvalue weighted by atomic mass is 10.0. The van der Waals surface area contributed by atoms with Gasteiger partial charge >= 0.3 is 0 Å². The van der Waals surface area contributed by atoms with E-state index in [0.29, 0.717) is 52.6 Å². The number of carbonyl (C=O) groups excluding carboxylic acids is 2. The van der Waals surface area contributed by atoms with Crippen LogP contribution in [0.2, 0.25) is 5.02 Å². The lowest BCUT2D eigenvalue weighted by Crippen LogP contribution is -2.44. The van der Waals surface area contributed by atoms with Gasteiger partial charge in [-0.15, -0.1) is 0 Å². The number of likely N-dealkylation sites (tertiary alicyclic amines) is 1. The van der Waals surface area contributed by atoms with Crippen LogP contribution < -0.4 is 10.1 Å². The molecule has 1 amide bonds. The Hall–Kier alpha value is -4.68. The summed E-state index contributed by atoms with van der Waals surface area (Å²) in [5.41, 5.74) is 1.32. The molecule has 2 N–H and O–H groups in total. The number of anilines is 1. The lowest BCUT2D eigenvalue weighted by molar-refractivity contribution is -0.128. The van der Waals surface area contributed by atoms with Gasteiger partial charge in [-0.2, -0.15) is 0 Å². The minimum atomic E-state index is -0.286. The van der Waals surface area contributed by atoms with Crippen molar-refractivity contribution in [3.8, 4) is 11.5 Å². The Bertz CT molecular complexity index is 1640. The van der Waals surface area contributed by atoms with Gasteiger partial charge in [0.25, 0.3) is 5.91 Å². The van der Waals surface area contributed by atoms with Gasteiger partial charge in [0.15, 0.2) is 5.78 Å². The van der Waals surface area contributed by atoms with Gasteiger partial charge in [0.2, 0.25) is 5.70 Å². The molecule has 5 rings (SSSR count). The van der Waals surface area contributed by atoms with Gasteiger partial charge in [-0.05, 0) is 37.1 Å². The van der Waals surface area contributed by atoms with Crippen molar-refractivity contribution in [2.24, 2.45) is 0 Å². The number of allylic oxidation sites excluding steroid dienone is 1. The summed E-state index contributed by atoms with van der Waals surface area (Å²) < 4.78 is 5.85. The zero-order valence-electron chi connectivity index (χ0n) is 22.6. The predicted molar refractivity (Wildman–Crippen MR) is 158 cm³/mol. The Morgan fingerprint density at radius 1 is 1.15 bits per heavy atom. The van der Waals surface area contributed by atoms with Crippen molar-refractivity contribution >= 4 is 40.1 Å². The summed E-state index contributed by atoms with van der Waals surface area (Å²) in [6.07, 6.45) is 8.28. The standard InChI is InChI=1S/C31H29ClN6O3/c1-3-26(33-2)31(40)38-15-9-5-6-10-20(38)17-34-29-27-24(18-35-30(27)37-19-36-29)28(39)23-14-13-22(16-25(23)32)41-21-11-7-4-8-12-21/h3-4,7-8,11-14,16,18-20H,5-6,9-10,15,17H2,1H3,(H2,34,35,36,37)/b26-3-. The summed E-state index contributed by atoms with van der Waals surface area (Å²) in [4.78, 5) is 43.8.